The summed E-state index contributed by atoms with van der Waals surface area (Å²) in [5.74, 6) is -4.78. The molecule has 0 amide bonds. The second-order valence-corrected chi connectivity index (χ2v) is 3.08. The first-order valence-electron chi connectivity index (χ1n) is 4.43. The van der Waals surface area contributed by atoms with Gasteiger partial charge in [0.1, 0.15) is 5.76 Å². The van der Waals surface area contributed by atoms with Crippen LogP contribution in [0.2, 0.25) is 0 Å². The van der Waals surface area contributed by atoms with Crippen molar-refractivity contribution in [2.75, 3.05) is 0 Å². The largest absolute Gasteiger partial charge is 0.507 e. The number of ketones is 1. The lowest BCUT2D eigenvalue weighted by Gasteiger charge is -2.00. The van der Waals surface area contributed by atoms with Gasteiger partial charge in [-0.3, -0.25) is 4.79 Å². The van der Waals surface area contributed by atoms with Crippen molar-refractivity contribution in [1.82, 2.24) is 0 Å². The van der Waals surface area contributed by atoms with Gasteiger partial charge in [0.2, 0.25) is 0 Å². The molecule has 3 N–H and O–H groups in total. The van der Waals surface area contributed by atoms with Gasteiger partial charge in [-0.05, 0) is 12.1 Å². The first kappa shape index (κ1) is 12.4. The van der Waals surface area contributed by atoms with E-state index in [1.54, 1.807) is 0 Å². The van der Waals surface area contributed by atoms with Gasteiger partial charge in [-0.25, -0.2) is 9.59 Å². The monoisotopic (exact) mass is 236 g/mol. The van der Waals surface area contributed by atoms with Crippen molar-refractivity contribution in [3.05, 3.63) is 41.5 Å². The molecule has 6 nitrogen and oxygen atoms in total. The predicted molar refractivity (Wildman–Crippen MR) is 56.6 cm³/mol. The van der Waals surface area contributed by atoms with E-state index in [1.807, 2.05) is 0 Å². The number of hydrogen-bond donors (Lipinski definition) is 3. The summed E-state index contributed by atoms with van der Waals surface area (Å²) < 4.78 is 0. The van der Waals surface area contributed by atoms with Gasteiger partial charge in [0.05, 0.1) is 5.56 Å². The van der Waals surface area contributed by atoms with Crippen LogP contribution in [-0.2, 0) is 9.59 Å². The lowest BCUT2D eigenvalue weighted by molar-refractivity contribution is -0.146. The fourth-order valence-corrected chi connectivity index (χ4v) is 1.08. The normalized spacial score (nSPS) is 10.9. The van der Waals surface area contributed by atoms with E-state index in [9.17, 15) is 19.5 Å². The topological polar surface area (TPSA) is 112 Å². The lowest BCUT2D eigenvalue weighted by Crippen LogP contribution is -2.09. The molecule has 1 rings (SSSR count). The van der Waals surface area contributed by atoms with Gasteiger partial charge < -0.3 is 15.3 Å². The third-order valence-electron chi connectivity index (χ3n) is 1.88. The minimum Gasteiger partial charge on any atom is -0.507 e. The molecule has 0 heterocycles. The summed E-state index contributed by atoms with van der Waals surface area (Å²) >= 11 is 0. The second-order valence-electron chi connectivity index (χ2n) is 3.08. The average molecular weight is 236 g/mol. The summed E-state index contributed by atoms with van der Waals surface area (Å²) in [5.41, 5.74) is -0.0234. The molecular formula is C11H8O6. The molecule has 6 heteroatoms. The molecule has 0 fully saturated rings. The molecular weight excluding hydrogens is 228 g/mol. The molecule has 1 aromatic carbocycles. The Morgan fingerprint density at radius 2 is 1.59 bits per heavy atom. The zero-order valence-corrected chi connectivity index (χ0v) is 8.45. The van der Waals surface area contributed by atoms with Gasteiger partial charge in [0, 0.05) is 11.6 Å². The summed E-state index contributed by atoms with van der Waals surface area (Å²) in [6.07, 6.45) is 0.517. The number of hydrogen-bond acceptors (Lipinski definition) is 4. The second kappa shape index (κ2) is 4.93. The molecule has 0 radical (unpaired) electrons. The maximum atomic E-state index is 10.8. The van der Waals surface area contributed by atoms with E-state index in [-0.39, 0.29) is 11.1 Å². The lowest BCUT2D eigenvalue weighted by atomic mass is 10.1. The summed E-state index contributed by atoms with van der Waals surface area (Å²) in [4.78, 5) is 31.7. The van der Waals surface area contributed by atoms with Crippen molar-refractivity contribution < 1.29 is 29.7 Å². The van der Waals surface area contributed by atoms with Crippen molar-refractivity contribution in [2.24, 2.45) is 0 Å². The molecule has 0 saturated carbocycles. The Morgan fingerprint density at radius 3 is 2.12 bits per heavy atom. The summed E-state index contributed by atoms with van der Waals surface area (Å²) in [6.45, 7) is 0. The number of carbonyl (C=O) groups is 3. The fraction of sp³-hybridized carbons (Fsp3) is 0. The van der Waals surface area contributed by atoms with Crippen LogP contribution in [0.3, 0.4) is 0 Å². The third kappa shape index (κ3) is 3.16. The van der Waals surface area contributed by atoms with Crippen molar-refractivity contribution >= 4 is 23.5 Å². The number of rotatable bonds is 4. The molecule has 0 bridgehead atoms. The summed E-state index contributed by atoms with van der Waals surface area (Å²) in [5, 5.41) is 26.5. The summed E-state index contributed by atoms with van der Waals surface area (Å²) in [7, 11) is 0. The number of carboxylic acid groups (broad SMARTS) is 2. The van der Waals surface area contributed by atoms with Gasteiger partial charge >= 0.3 is 11.9 Å². The minimum absolute atomic E-state index is 0.0551. The number of carboxylic acids is 2. The number of carbonyl (C=O) groups excluding carboxylic acids is 1. The quantitative estimate of drug-likeness (QED) is 0.407. The SMILES string of the molecule is O=C(O)C(=O)/C=C(/O)c1cccc(C(=O)O)c1. The van der Waals surface area contributed by atoms with E-state index < -0.39 is 23.5 Å². The molecule has 0 aliphatic heterocycles. The zero-order chi connectivity index (χ0) is 13.0. The average Bonchev–Trinajstić information content (AvgIpc) is 2.28. The number of aromatic carboxylic acids is 1. The first-order chi connectivity index (χ1) is 7.91. The van der Waals surface area contributed by atoms with Crippen molar-refractivity contribution in [3.8, 4) is 0 Å². The Hall–Kier alpha value is -2.63. The Kier molecular flexibility index (Phi) is 3.61. The third-order valence-corrected chi connectivity index (χ3v) is 1.88. The van der Waals surface area contributed by atoms with E-state index in [4.69, 9.17) is 10.2 Å². The molecule has 17 heavy (non-hydrogen) atoms. The highest BCUT2D eigenvalue weighted by molar-refractivity contribution is 6.38. The van der Waals surface area contributed by atoms with Crippen LogP contribution in [0.5, 0.6) is 0 Å². The highest BCUT2D eigenvalue weighted by Crippen LogP contribution is 2.13. The van der Waals surface area contributed by atoms with Crippen LogP contribution in [0.25, 0.3) is 5.76 Å². The Labute approximate surface area is 95.4 Å². The number of aliphatic hydroxyl groups is 1. The highest BCUT2D eigenvalue weighted by Gasteiger charge is 2.11. The van der Waals surface area contributed by atoms with Crippen LogP contribution in [0.4, 0.5) is 0 Å². The van der Waals surface area contributed by atoms with Crippen molar-refractivity contribution in [3.63, 3.8) is 0 Å². The van der Waals surface area contributed by atoms with Gasteiger partial charge in [-0.1, -0.05) is 12.1 Å². The van der Waals surface area contributed by atoms with Gasteiger partial charge in [-0.15, -0.1) is 0 Å². The molecule has 1 aromatic rings. The minimum atomic E-state index is -1.70. The van der Waals surface area contributed by atoms with Crippen LogP contribution in [0.1, 0.15) is 15.9 Å². The van der Waals surface area contributed by atoms with Gasteiger partial charge in [0.15, 0.2) is 0 Å². The molecule has 0 atom stereocenters. The highest BCUT2D eigenvalue weighted by atomic mass is 16.4. The van der Waals surface area contributed by atoms with E-state index in [2.05, 4.69) is 0 Å². The van der Waals surface area contributed by atoms with E-state index in [1.165, 1.54) is 18.2 Å². The maximum Gasteiger partial charge on any atom is 0.376 e. The molecule has 0 aromatic heterocycles. The van der Waals surface area contributed by atoms with Crippen LogP contribution in [0, 0.1) is 0 Å². The molecule has 0 spiro atoms. The molecule has 0 aliphatic rings. The van der Waals surface area contributed by atoms with Crippen molar-refractivity contribution in [1.29, 1.82) is 0 Å². The number of benzene rings is 1. The van der Waals surface area contributed by atoms with Crippen molar-refractivity contribution in [2.45, 2.75) is 0 Å². The Bertz CT molecular complexity index is 514. The van der Waals surface area contributed by atoms with E-state index >= 15 is 0 Å². The van der Waals surface area contributed by atoms with E-state index in [0.717, 1.165) is 6.07 Å². The Morgan fingerprint density at radius 1 is 1.00 bits per heavy atom. The zero-order valence-electron chi connectivity index (χ0n) is 8.45. The van der Waals surface area contributed by atoms with Gasteiger partial charge in [-0.2, -0.15) is 0 Å². The van der Waals surface area contributed by atoms with E-state index in [0.29, 0.717) is 6.08 Å². The number of aliphatic carboxylic acids is 1. The summed E-state index contributed by atoms with van der Waals surface area (Å²) in [6, 6.07) is 5.16. The predicted octanol–water partition coefficient (Wildman–Crippen LogP) is 0.937. The number of aliphatic hydroxyl groups excluding tert-OH is 1. The fourth-order valence-electron chi connectivity index (χ4n) is 1.08. The van der Waals surface area contributed by atoms with Crippen LogP contribution < -0.4 is 0 Å². The molecule has 0 saturated heterocycles. The Balaban J connectivity index is 3.08. The molecule has 88 valence electrons. The van der Waals surface area contributed by atoms with Crippen LogP contribution in [0.15, 0.2) is 30.3 Å². The van der Waals surface area contributed by atoms with Crippen LogP contribution >= 0.6 is 0 Å². The van der Waals surface area contributed by atoms with Crippen LogP contribution in [-0.4, -0.2) is 33.0 Å². The maximum absolute atomic E-state index is 10.8. The first-order valence-corrected chi connectivity index (χ1v) is 4.43. The standard InChI is InChI=1S/C11H8O6/c12-8(5-9(13)11(16)17)6-2-1-3-7(4-6)10(14)15/h1-5,12H,(H,14,15)(H,16,17)/b8-5+. The van der Waals surface area contributed by atoms with Gasteiger partial charge in [0.25, 0.3) is 5.78 Å². The molecule has 0 unspecified atom stereocenters. The smallest absolute Gasteiger partial charge is 0.376 e. The molecule has 0 aliphatic carbocycles.